The quantitative estimate of drug-likeness (QED) is 0.864. The van der Waals surface area contributed by atoms with Crippen LogP contribution in [0.4, 0.5) is 4.39 Å². The van der Waals surface area contributed by atoms with Gasteiger partial charge in [-0.15, -0.1) is 0 Å². The molecular weight excluding hydrogens is 237 g/mol. The Morgan fingerprint density at radius 2 is 1.84 bits per heavy atom. The summed E-state index contributed by atoms with van der Waals surface area (Å²) in [5.74, 6) is -0.148. The van der Waals surface area contributed by atoms with Crippen LogP contribution in [0.5, 0.6) is 0 Å². The summed E-state index contributed by atoms with van der Waals surface area (Å²) in [5.41, 5.74) is 5.42. The van der Waals surface area contributed by atoms with Gasteiger partial charge in [-0.05, 0) is 54.8 Å². The highest BCUT2D eigenvalue weighted by Gasteiger charge is 2.07. The van der Waals surface area contributed by atoms with Gasteiger partial charge in [0.05, 0.1) is 0 Å². The molecule has 2 heteroatoms. The number of aryl methyl sites for hydroxylation is 2. The SMILES string of the molecule is CCNCc1ccc(C)cc1-c1ccc(F)c(C)c1. The van der Waals surface area contributed by atoms with Gasteiger partial charge < -0.3 is 5.32 Å². The van der Waals surface area contributed by atoms with Crippen LogP contribution < -0.4 is 5.32 Å². The van der Waals surface area contributed by atoms with E-state index >= 15 is 0 Å². The lowest BCUT2D eigenvalue weighted by molar-refractivity contribution is 0.619. The van der Waals surface area contributed by atoms with Crippen molar-refractivity contribution in [3.63, 3.8) is 0 Å². The number of hydrogen-bond acceptors (Lipinski definition) is 1. The summed E-state index contributed by atoms with van der Waals surface area (Å²) in [6.07, 6.45) is 0. The zero-order chi connectivity index (χ0) is 13.8. The topological polar surface area (TPSA) is 12.0 Å². The molecule has 0 amide bonds. The van der Waals surface area contributed by atoms with Gasteiger partial charge in [-0.25, -0.2) is 4.39 Å². The van der Waals surface area contributed by atoms with E-state index in [0.29, 0.717) is 5.56 Å². The molecule has 0 fully saturated rings. The van der Waals surface area contributed by atoms with Crippen molar-refractivity contribution in [2.75, 3.05) is 6.54 Å². The van der Waals surface area contributed by atoms with Crippen LogP contribution >= 0.6 is 0 Å². The lowest BCUT2D eigenvalue weighted by Gasteiger charge is -2.12. The van der Waals surface area contributed by atoms with Crippen LogP contribution in [0.15, 0.2) is 36.4 Å². The molecule has 0 spiro atoms. The van der Waals surface area contributed by atoms with Crippen molar-refractivity contribution in [2.24, 2.45) is 0 Å². The van der Waals surface area contributed by atoms with Crippen LogP contribution in [-0.4, -0.2) is 6.54 Å². The molecule has 0 bridgehead atoms. The molecule has 19 heavy (non-hydrogen) atoms. The zero-order valence-corrected chi connectivity index (χ0v) is 11.8. The van der Waals surface area contributed by atoms with Gasteiger partial charge >= 0.3 is 0 Å². The maximum Gasteiger partial charge on any atom is 0.126 e. The summed E-state index contributed by atoms with van der Waals surface area (Å²) in [6, 6.07) is 11.7. The van der Waals surface area contributed by atoms with E-state index < -0.39 is 0 Å². The van der Waals surface area contributed by atoms with E-state index in [2.05, 4.69) is 37.4 Å². The fraction of sp³-hybridized carbons (Fsp3) is 0.294. The second-order valence-electron chi connectivity index (χ2n) is 4.90. The highest BCUT2D eigenvalue weighted by Crippen LogP contribution is 2.26. The molecule has 0 aliphatic rings. The third kappa shape index (κ3) is 3.21. The van der Waals surface area contributed by atoms with Gasteiger partial charge in [0.2, 0.25) is 0 Å². The Labute approximate surface area is 114 Å². The van der Waals surface area contributed by atoms with Crippen molar-refractivity contribution in [3.8, 4) is 11.1 Å². The summed E-state index contributed by atoms with van der Waals surface area (Å²) in [6.45, 7) is 7.75. The van der Waals surface area contributed by atoms with Crippen LogP contribution in [0.1, 0.15) is 23.6 Å². The van der Waals surface area contributed by atoms with Crippen LogP contribution in [0.3, 0.4) is 0 Å². The Morgan fingerprint density at radius 3 is 2.53 bits per heavy atom. The molecule has 1 nitrogen and oxygen atoms in total. The van der Waals surface area contributed by atoms with Crippen LogP contribution in [0.2, 0.25) is 0 Å². The van der Waals surface area contributed by atoms with Crippen molar-refractivity contribution in [1.29, 1.82) is 0 Å². The maximum absolute atomic E-state index is 13.4. The number of nitrogens with one attached hydrogen (secondary N) is 1. The largest absolute Gasteiger partial charge is 0.313 e. The van der Waals surface area contributed by atoms with E-state index in [1.165, 1.54) is 16.7 Å². The Morgan fingerprint density at radius 1 is 1.05 bits per heavy atom. The summed E-state index contributed by atoms with van der Waals surface area (Å²) >= 11 is 0. The van der Waals surface area contributed by atoms with Gasteiger partial charge in [0.15, 0.2) is 0 Å². The highest BCUT2D eigenvalue weighted by molar-refractivity contribution is 5.68. The molecule has 0 aromatic heterocycles. The predicted octanol–water partition coefficient (Wildman–Crippen LogP) is 4.22. The molecule has 100 valence electrons. The number of hydrogen-bond donors (Lipinski definition) is 1. The molecule has 2 rings (SSSR count). The van der Waals surface area contributed by atoms with Crippen molar-refractivity contribution in [2.45, 2.75) is 27.3 Å². The van der Waals surface area contributed by atoms with E-state index in [4.69, 9.17) is 0 Å². The van der Waals surface area contributed by atoms with E-state index in [-0.39, 0.29) is 5.82 Å². The first-order chi connectivity index (χ1) is 9.11. The minimum atomic E-state index is -0.148. The molecular formula is C17H20FN. The van der Waals surface area contributed by atoms with Crippen molar-refractivity contribution in [1.82, 2.24) is 5.32 Å². The monoisotopic (exact) mass is 257 g/mol. The molecule has 0 atom stereocenters. The summed E-state index contributed by atoms with van der Waals surface area (Å²) in [4.78, 5) is 0. The number of benzene rings is 2. The molecule has 0 radical (unpaired) electrons. The van der Waals surface area contributed by atoms with E-state index in [9.17, 15) is 4.39 Å². The molecule has 0 heterocycles. The first kappa shape index (κ1) is 13.8. The fourth-order valence-corrected chi connectivity index (χ4v) is 2.19. The van der Waals surface area contributed by atoms with Crippen LogP contribution in [0.25, 0.3) is 11.1 Å². The van der Waals surface area contributed by atoms with Gasteiger partial charge in [0.1, 0.15) is 5.82 Å². The minimum Gasteiger partial charge on any atom is -0.313 e. The summed E-state index contributed by atoms with van der Waals surface area (Å²) < 4.78 is 13.4. The lowest BCUT2D eigenvalue weighted by Crippen LogP contribution is -2.12. The normalized spacial score (nSPS) is 10.7. The smallest absolute Gasteiger partial charge is 0.126 e. The van der Waals surface area contributed by atoms with E-state index in [1.807, 2.05) is 12.1 Å². The fourth-order valence-electron chi connectivity index (χ4n) is 2.19. The molecule has 1 N–H and O–H groups in total. The van der Waals surface area contributed by atoms with Crippen molar-refractivity contribution < 1.29 is 4.39 Å². The maximum atomic E-state index is 13.4. The highest BCUT2D eigenvalue weighted by atomic mass is 19.1. The predicted molar refractivity (Wildman–Crippen MR) is 78.7 cm³/mol. The Balaban J connectivity index is 2.46. The summed E-state index contributed by atoms with van der Waals surface area (Å²) in [5, 5.41) is 3.35. The van der Waals surface area contributed by atoms with E-state index in [1.54, 1.807) is 13.0 Å². The molecule has 0 saturated heterocycles. The molecule has 2 aromatic carbocycles. The molecule has 0 aliphatic carbocycles. The van der Waals surface area contributed by atoms with Gasteiger partial charge in [0, 0.05) is 6.54 Å². The van der Waals surface area contributed by atoms with Crippen LogP contribution in [-0.2, 0) is 6.54 Å². The Bertz CT molecular complexity index is 575. The van der Waals surface area contributed by atoms with Crippen LogP contribution in [0, 0.1) is 19.7 Å². The van der Waals surface area contributed by atoms with Gasteiger partial charge in [-0.2, -0.15) is 0 Å². The second-order valence-corrected chi connectivity index (χ2v) is 4.90. The minimum absolute atomic E-state index is 0.148. The van der Waals surface area contributed by atoms with E-state index in [0.717, 1.165) is 18.7 Å². The van der Waals surface area contributed by atoms with Gasteiger partial charge in [0.25, 0.3) is 0 Å². The zero-order valence-electron chi connectivity index (χ0n) is 11.8. The first-order valence-electron chi connectivity index (χ1n) is 6.68. The van der Waals surface area contributed by atoms with Crippen molar-refractivity contribution in [3.05, 3.63) is 58.9 Å². The Kier molecular flexibility index (Phi) is 4.33. The van der Waals surface area contributed by atoms with Crippen molar-refractivity contribution >= 4 is 0 Å². The van der Waals surface area contributed by atoms with Gasteiger partial charge in [-0.1, -0.05) is 36.8 Å². The molecule has 0 aliphatic heterocycles. The first-order valence-corrected chi connectivity index (χ1v) is 6.68. The van der Waals surface area contributed by atoms with Gasteiger partial charge in [-0.3, -0.25) is 0 Å². The lowest BCUT2D eigenvalue weighted by atomic mass is 9.96. The molecule has 0 saturated carbocycles. The average Bonchev–Trinajstić information content (AvgIpc) is 2.40. The number of rotatable bonds is 4. The molecule has 2 aromatic rings. The number of halogens is 1. The second kappa shape index (κ2) is 5.98. The summed E-state index contributed by atoms with van der Waals surface area (Å²) in [7, 11) is 0. The standard InChI is InChI=1S/C17H20FN/c1-4-19-11-15-6-5-12(2)9-16(15)14-7-8-17(18)13(3)10-14/h5-10,19H,4,11H2,1-3H3. The average molecular weight is 257 g/mol. The molecule has 0 unspecified atom stereocenters. The third-order valence-electron chi connectivity index (χ3n) is 3.30. The third-order valence-corrected chi connectivity index (χ3v) is 3.30. The Hall–Kier alpha value is -1.67.